The Morgan fingerprint density at radius 2 is 0.825 bits per heavy atom. The molecule has 0 saturated heterocycles. The van der Waals surface area contributed by atoms with Gasteiger partial charge in [-0.2, -0.15) is 0 Å². The van der Waals surface area contributed by atoms with Gasteiger partial charge in [-0.1, -0.05) is 115 Å². The molecule has 6 rings (SSSR count). The molecule has 0 bridgehead atoms. The van der Waals surface area contributed by atoms with E-state index >= 15 is 0 Å². The van der Waals surface area contributed by atoms with Crippen LogP contribution in [0.1, 0.15) is 13.8 Å². The van der Waals surface area contributed by atoms with Crippen LogP contribution in [0.4, 0.5) is 28.4 Å². The zero-order valence-corrected chi connectivity index (χ0v) is 22.9. The van der Waals surface area contributed by atoms with Crippen LogP contribution in [-0.4, -0.2) is 0 Å². The Balaban J connectivity index is 1.77. The smallest absolute Gasteiger partial charge is 0.0619 e. The van der Waals surface area contributed by atoms with Crippen molar-refractivity contribution in [1.29, 1.82) is 0 Å². The van der Waals surface area contributed by atoms with Crippen LogP contribution in [0.15, 0.2) is 163 Å². The molecule has 194 valence electrons. The summed E-state index contributed by atoms with van der Waals surface area (Å²) in [5.74, 6) is 0. The Kier molecular flexibility index (Phi) is 7.15. The Morgan fingerprint density at radius 3 is 1.23 bits per heavy atom. The van der Waals surface area contributed by atoms with Crippen molar-refractivity contribution >= 4 is 50.0 Å². The van der Waals surface area contributed by atoms with Gasteiger partial charge in [0, 0.05) is 44.3 Å². The number of allylic oxidation sites excluding steroid dienone is 3. The van der Waals surface area contributed by atoms with Crippen molar-refractivity contribution in [2.75, 3.05) is 9.80 Å². The van der Waals surface area contributed by atoms with E-state index in [1.54, 1.807) is 0 Å². The first-order chi connectivity index (χ1) is 19.8. The number of rotatable bonds is 7. The molecule has 0 saturated carbocycles. The fourth-order valence-electron chi connectivity index (χ4n) is 5.58. The zero-order valence-electron chi connectivity index (χ0n) is 22.9. The average molecular weight is 517 g/mol. The quantitative estimate of drug-likeness (QED) is 0.118. The molecule has 0 fully saturated rings. The maximum atomic E-state index is 2.39. The second kappa shape index (κ2) is 11.3. The van der Waals surface area contributed by atoms with E-state index in [0.717, 1.165) is 22.8 Å². The molecule has 0 aliphatic rings. The van der Waals surface area contributed by atoms with Crippen molar-refractivity contribution in [2.24, 2.45) is 0 Å². The monoisotopic (exact) mass is 516 g/mol. The Bertz CT molecular complexity index is 1710. The van der Waals surface area contributed by atoms with Gasteiger partial charge in [0.25, 0.3) is 0 Å². The predicted octanol–water partition coefficient (Wildman–Crippen LogP) is 11.1. The maximum absolute atomic E-state index is 2.39. The Labute approximate surface area is 236 Å². The van der Waals surface area contributed by atoms with E-state index in [4.69, 9.17) is 0 Å². The molecule has 0 amide bonds. The summed E-state index contributed by atoms with van der Waals surface area (Å²) in [6.07, 6.45) is 6.48. The lowest BCUT2D eigenvalue weighted by atomic mass is 9.95. The largest absolute Gasteiger partial charge is 0.310 e. The lowest BCUT2D eigenvalue weighted by Gasteiger charge is -2.33. The van der Waals surface area contributed by atoms with E-state index in [9.17, 15) is 0 Å². The molecule has 40 heavy (non-hydrogen) atoms. The minimum absolute atomic E-state index is 1.12. The lowest BCUT2D eigenvalue weighted by Crippen LogP contribution is -2.17. The van der Waals surface area contributed by atoms with Gasteiger partial charge in [-0.3, -0.25) is 0 Å². The van der Waals surface area contributed by atoms with Crippen LogP contribution in [0.3, 0.4) is 0 Å². The van der Waals surface area contributed by atoms with Gasteiger partial charge in [0.1, 0.15) is 0 Å². The average Bonchev–Trinajstić information content (AvgIpc) is 3.03. The molecule has 0 aromatic heterocycles. The SMILES string of the molecule is CC=CC(=CC)N(c1ccccc1)c1c2ccccc2c(N(c2ccccc2)c2ccccc2)c2ccccc12. The number of para-hydroxylation sites is 3. The number of hydrogen-bond donors (Lipinski definition) is 0. The second-order valence-corrected chi connectivity index (χ2v) is 9.68. The van der Waals surface area contributed by atoms with E-state index in [-0.39, 0.29) is 0 Å². The molecule has 6 aromatic rings. The van der Waals surface area contributed by atoms with Crippen LogP contribution in [0.5, 0.6) is 0 Å². The molecule has 0 atom stereocenters. The third kappa shape index (κ3) is 4.54. The normalized spacial score (nSPS) is 11.8. The summed E-state index contributed by atoms with van der Waals surface area (Å²) in [5, 5.41) is 4.78. The first kappa shape index (κ1) is 25.2. The fourth-order valence-corrected chi connectivity index (χ4v) is 5.58. The van der Waals surface area contributed by atoms with Gasteiger partial charge >= 0.3 is 0 Å². The highest BCUT2D eigenvalue weighted by Gasteiger charge is 2.24. The Morgan fingerprint density at radius 1 is 0.450 bits per heavy atom. The molecule has 0 radical (unpaired) electrons. The zero-order chi connectivity index (χ0) is 27.3. The maximum Gasteiger partial charge on any atom is 0.0619 e. The van der Waals surface area contributed by atoms with Crippen molar-refractivity contribution in [3.8, 4) is 0 Å². The van der Waals surface area contributed by atoms with Crippen molar-refractivity contribution in [3.05, 3.63) is 163 Å². The second-order valence-electron chi connectivity index (χ2n) is 9.68. The van der Waals surface area contributed by atoms with Gasteiger partial charge in [0.15, 0.2) is 0 Å². The van der Waals surface area contributed by atoms with Gasteiger partial charge < -0.3 is 9.80 Å². The Hall–Kier alpha value is -5.08. The van der Waals surface area contributed by atoms with Gasteiger partial charge in [0.05, 0.1) is 11.4 Å². The van der Waals surface area contributed by atoms with Gasteiger partial charge in [-0.15, -0.1) is 0 Å². The van der Waals surface area contributed by atoms with E-state index in [2.05, 4.69) is 181 Å². The van der Waals surface area contributed by atoms with Crippen LogP contribution >= 0.6 is 0 Å². The molecule has 0 unspecified atom stereocenters. The van der Waals surface area contributed by atoms with E-state index in [1.165, 1.54) is 32.9 Å². The van der Waals surface area contributed by atoms with Crippen LogP contribution < -0.4 is 9.80 Å². The molecule has 0 spiro atoms. The van der Waals surface area contributed by atoms with Crippen LogP contribution in [0.2, 0.25) is 0 Å². The summed E-state index contributed by atoms with van der Waals surface area (Å²) in [5.41, 5.74) is 6.85. The fraction of sp³-hybridized carbons (Fsp3) is 0.0526. The number of fused-ring (bicyclic) bond motifs is 2. The topological polar surface area (TPSA) is 6.48 Å². The summed E-state index contributed by atoms with van der Waals surface area (Å²) < 4.78 is 0. The minimum atomic E-state index is 1.12. The van der Waals surface area contributed by atoms with E-state index < -0.39 is 0 Å². The first-order valence-electron chi connectivity index (χ1n) is 13.8. The van der Waals surface area contributed by atoms with Crippen molar-refractivity contribution < 1.29 is 0 Å². The molecule has 0 aliphatic heterocycles. The van der Waals surface area contributed by atoms with Crippen molar-refractivity contribution in [3.63, 3.8) is 0 Å². The number of nitrogens with zero attached hydrogens (tertiary/aromatic N) is 2. The van der Waals surface area contributed by atoms with E-state index in [1.807, 2.05) is 0 Å². The van der Waals surface area contributed by atoms with Crippen LogP contribution in [-0.2, 0) is 0 Å². The summed E-state index contributed by atoms with van der Waals surface area (Å²) >= 11 is 0. The molecule has 2 heteroatoms. The van der Waals surface area contributed by atoms with E-state index in [0.29, 0.717) is 0 Å². The molecule has 2 nitrogen and oxygen atoms in total. The highest BCUT2D eigenvalue weighted by atomic mass is 15.2. The number of benzene rings is 6. The molecule has 0 aliphatic carbocycles. The predicted molar refractivity (Wildman–Crippen MR) is 173 cm³/mol. The van der Waals surface area contributed by atoms with Gasteiger partial charge in [-0.25, -0.2) is 0 Å². The molecular formula is C38H32N2. The van der Waals surface area contributed by atoms with Crippen LogP contribution in [0, 0.1) is 0 Å². The number of hydrogen-bond acceptors (Lipinski definition) is 2. The van der Waals surface area contributed by atoms with Crippen molar-refractivity contribution in [1.82, 2.24) is 0 Å². The lowest BCUT2D eigenvalue weighted by molar-refractivity contribution is 1.22. The summed E-state index contributed by atoms with van der Waals surface area (Å²) in [7, 11) is 0. The third-order valence-corrected chi connectivity index (χ3v) is 7.26. The summed E-state index contributed by atoms with van der Waals surface area (Å²) in [6.45, 7) is 4.18. The third-order valence-electron chi connectivity index (χ3n) is 7.26. The van der Waals surface area contributed by atoms with Gasteiger partial charge in [-0.05, 0) is 56.3 Å². The highest BCUT2D eigenvalue weighted by molar-refractivity contribution is 6.22. The van der Waals surface area contributed by atoms with Gasteiger partial charge in [0.2, 0.25) is 0 Å². The molecule has 0 N–H and O–H groups in total. The molecular weight excluding hydrogens is 484 g/mol. The molecule has 0 heterocycles. The summed E-state index contributed by atoms with van der Waals surface area (Å²) in [6, 6.07) is 49.6. The standard InChI is InChI=1S/C38H32N2/c1-3-18-29(4-2)39(30-19-8-5-9-20-30)37-33-25-14-16-27-35(33)38(36-28-17-15-26-34(36)37)40(31-21-10-6-11-22-31)32-23-12-7-13-24-32/h3-28H,1-2H3. The highest BCUT2D eigenvalue weighted by Crippen LogP contribution is 2.49. The van der Waals surface area contributed by atoms with Crippen molar-refractivity contribution in [2.45, 2.75) is 13.8 Å². The summed E-state index contributed by atoms with van der Waals surface area (Å²) in [4.78, 5) is 4.79. The molecule has 6 aromatic carbocycles. The minimum Gasteiger partial charge on any atom is -0.310 e. The first-order valence-corrected chi connectivity index (χ1v) is 13.8. The number of anilines is 5. The van der Waals surface area contributed by atoms with Crippen LogP contribution in [0.25, 0.3) is 21.5 Å².